The minimum absolute atomic E-state index is 0.179. The lowest BCUT2D eigenvalue weighted by molar-refractivity contribution is -0.123. The average molecular weight is 380 g/mol. The molecule has 0 aliphatic heterocycles. The molecule has 1 amide bonds. The molecule has 0 aliphatic carbocycles. The summed E-state index contributed by atoms with van der Waals surface area (Å²) in [5, 5.41) is 5.05. The maximum atomic E-state index is 12.1. The zero-order chi connectivity index (χ0) is 19.7. The van der Waals surface area contributed by atoms with E-state index in [9.17, 15) is 18.0 Å². The molecule has 0 radical (unpaired) electrons. The normalized spacial score (nSPS) is 11.1. The first kappa shape index (κ1) is 20.6. The summed E-state index contributed by atoms with van der Waals surface area (Å²) in [5.41, 5.74) is 2.01. The van der Waals surface area contributed by atoms with Gasteiger partial charge in [0, 0.05) is 17.8 Å². The summed E-state index contributed by atoms with van der Waals surface area (Å²) in [6.45, 7) is 2.05. The van der Waals surface area contributed by atoms with E-state index >= 15 is 0 Å². The quantitative estimate of drug-likeness (QED) is 0.616. The maximum absolute atomic E-state index is 12.1. The summed E-state index contributed by atoms with van der Waals surface area (Å²) in [4.78, 5) is 11.7. The standard InChI is InChI=1S/C20H23F3N2O2/c1-2-3-12-27-18-10-4-15(5-11-18)13-24-17-8-6-16(7-9-17)19(26)25-14-20(21,22)23/h4-11,24H,2-3,12-14H2,1H3,(H,25,26). The lowest BCUT2D eigenvalue weighted by atomic mass is 10.1. The number of alkyl halides is 3. The largest absolute Gasteiger partial charge is 0.494 e. The Morgan fingerprint density at radius 3 is 2.30 bits per heavy atom. The molecule has 0 aromatic heterocycles. The van der Waals surface area contributed by atoms with Crippen LogP contribution in [0.3, 0.4) is 0 Å². The van der Waals surface area contributed by atoms with Gasteiger partial charge in [0.05, 0.1) is 6.61 Å². The van der Waals surface area contributed by atoms with Gasteiger partial charge in [0.2, 0.25) is 0 Å². The molecule has 0 spiro atoms. The summed E-state index contributed by atoms with van der Waals surface area (Å²) in [7, 11) is 0. The van der Waals surface area contributed by atoms with Gasteiger partial charge < -0.3 is 15.4 Å². The third-order valence-corrected chi connectivity index (χ3v) is 3.78. The first-order valence-corrected chi connectivity index (χ1v) is 8.78. The molecule has 2 aromatic carbocycles. The SMILES string of the molecule is CCCCOc1ccc(CNc2ccc(C(=O)NCC(F)(F)F)cc2)cc1. The fourth-order valence-electron chi connectivity index (χ4n) is 2.26. The Morgan fingerprint density at radius 2 is 1.70 bits per heavy atom. The molecule has 2 aromatic rings. The van der Waals surface area contributed by atoms with Crippen molar-refractivity contribution in [3.05, 3.63) is 59.7 Å². The van der Waals surface area contributed by atoms with E-state index < -0.39 is 18.6 Å². The molecule has 4 nitrogen and oxygen atoms in total. The number of hydrogen-bond acceptors (Lipinski definition) is 3. The van der Waals surface area contributed by atoms with E-state index in [0.29, 0.717) is 13.2 Å². The first-order chi connectivity index (χ1) is 12.9. The molecule has 27 heavy (non-hydrogen) atoms. The molecule has 0 saturated carbocycles. The molecule has 2 rings (SSSR count). The predicted octanol–water partition coefficient (Wildman–Crippen LogP) is 4.77. The monoisotopic (exact) mass is 380 g/mol. The van der Waals surface area contributed by atoms with Crippen LogP contribution in [0.4, 0.5) is 18.9 Å². The third kappa shape index (κ3) is 7.60. The second-order valence-corrected chi connectivity index (χ2v) is 6.07. The average Bonchev–Trinajstić information content (AvgIpc) is 2.65. The second-order valence-electron chi connectivity index (χ2n) is 6.07. The van der Waals surface area contributed by atoms with Crippen LogP contribution in [-0.4, -0.2) is 25.2 Å². The number of carbonyl (C=O) groups is 1. The summed E-state index contributed by atoms with van der Waals surface area (Å²) >= 11 is 0. The fourth-order valence-corrected chi connectivity index (χ4v) is 2.26. The van der Waals surface area contributed by atoms with Crippen molar-refractivity contribution in [1.29, 1.82) is 0 Å². The van der Waals surface area contributed by atoms with E-state index in [4.69, 9.17) is 4.74 Å². The number of carbonyl (C=O) groups excluding carboxylic acids is 1. The molecular formula is C20H23F3N2O2. The molecule has 0 heterocycles. The molecule has 0 atom stereocenters. The molecule has 146 valence electrons. The van der Waals surface area contributed by atoms with E-state index in [0.717, 1.165) is 29.8 Å². The van der Waals surface area contributed by atoms with Crippen molar-refractivity contribution in [3.8, 4) is 5.75 Å². The first-order valence-electron chi connectivity index (χ1n) is 8.78. The Labute approximate surface area is 156 Å². The zero-order valence-corrected chi connectivity index (χ0v) is 15.1. The van der Waals surface area contributed by atoms with Gasteiger partial charge in [-0.15, -0.1) is 0 Å². The number of benzene rings is 2. The highest BCUT2D eigenvalue weighted by Gasteiger charge is 2.27. The maximum Gasteiger partial charge on any atom is 0.405 e. The van der Waals surface area contributed by atoms with Crippen molar-refractivity contribution >= 4 is 11.6 Å². The predicted molar refractivity (Wildman–Crippen MR) is 99.0 cm³/mol. The number of halogens is 3. The van der Waals surface area contributed by atoms with Gasteiger partial charge in [0.1, 0.15) is 12.3 Å². The Hall–Kier alpha value is -2.70. The molecule has 0 bridgehead atoms. The van der Waals surface area contributed by atoms with Crippen LogP contribution in [0.1, 0.15) is 35.7 Å². The van der Waals surface area contributed by atoms with Crippen LogP contribution in [0.25, 0.3) is 0 Å². The van der Waals surface area contributed by atoms with Crippen molar-refractivity contribution in [2.24, 2.45) is 0 Å². The highest BCUT2D eigenvalue weighted by Crippen LogP contribution is 2.16. The molecule has 2 N–H and O–H groups in total. The van der Waals surface area contributed by atoms with Crippen LogP contribution in [0.2, 0.25) is 0 Å². The topological polar surface area (TPSA) is 50.4 Å². The van der Waals surface area contributed by atoms with E-state index in [1.165, 1.54) is 12.1 Å². The van der Waals surface area contributed by atoms with E-state index in [1.807, 2.05) is 29.6 Å². The zero-order valence-electron chi connectivity index (χ0n) is 15.1. The Bertz CT molecular complexity index is 714. The van der Waals surface area contributed by atoms with E-state index in [2.05, 4.69) is 12.2 Å². The molecule has 0 unspecified atom stereocenters. The molecule has 0 saturated heterocycles. The van der Waals surface area contributed by atoms with Gasteiger partial charge in [-0.25, -0.2) is 0 Å². The minimum atomic E-state index is -4.42. The van der Waals surface area contributed by atoms with Gasteiger partial charge in [-0.05, 0) is 48.4 Å². The third-order valence-electron chi connectivity index (χ3n) is 3.78. The lowest BCUT2D eigenvalue weighted by Crippen LogP contribution is -2.33. The van der Waals surface area contributed by atoms with Crippen LogP contribution in [-0.2, 0) is 6.54 Å². The highest BCUT2D eigenvalue weighted by molar-refractivity contribution is 5.94. The number of nitrogens with one attached hydrogen (secondary N) is 2. The van der Waals surface area contributed by atoms with Gasteiger partial charge in [0.15, 0.2) is 0 Å². The van der Waals surface area contributed by atoms with Crippen molar-refractivity contribution in [2.45, 2.75) is 32.5 Å². The minimum Gasteiger partial charge on any atom is -0.494 e. The Kier molecular flexibility index (Phi) is 7.52. The smallest absolute Gasteiger partial charge is 0.405 e. The van der Waals surface area contributed by atoms with Gasteiger partial charge in [-0.3, -0.25) is 4.79 Å². The van der Waals surface area contributed by atoms with E-state index in [-0.39, 0.29) is 5.56 Å². The molecule has 0 fully saturated rings. The van der Waals surface area contributed by atoms with Crippen LogP contribution >= 0.6 is 0 Å². The number of anilines is 1. The van der Waals surface area contributed by atoms with Crippen LogP contribution < -0.4 is 15.4 Å². The van der Waals surface area contributed by atoms with Gasteiger partial charge in [-0.2, -0.15) is 13.2 Å². The van der Waals surface area contributed by atoms with Gasteiger partial charge in [-0.1, -0.05) is 25.5 Å². The highest BCUT2D eigenvalue weighted by atomic mass is 19.4. The Balaban J connectivity index is 1.81. The summed E-state index contributed by atoms with van der Waals surface area (Å²) in [6.07, 6.45) is -2.31. The van der Waals surface area contributed by atoms with Crippen molar-refractivity contribution < 1.29 is 22.7 Å². The second kappa shape index (κ2) is 9.85. The number of ether oxygens (including phenoxy) is 1. The lowest BCUT2D eigenvalue weighted by Gasteiger charge is -2.10. The fraction of sp³-hybridized carbons (Fsp3) is 0.350. The van der Waals surface area contributed by atoms with Crippen LogP contribution in [0, 0.1) is 0 Å². The number of unbranched alkanes of at least 4 members (excludes halogenated alkanes) is 1. The number of hydrogen-bond donors (Lipinski definition) is 2. The number of rotatable bonds is 9. The van der Waals surface area contributed by atoms with Gasteiger partial charge in [0.25, 0.3) is 5.91 Å². The van der Waals surface area contributed by atoms with Crippen molar-refractivity contribution in [3.63, 3.8) is 0 Å². The molecule has 0 aliphatic rings. The summed E-state index contributed by atoms with van der Waals surface area (Å²) in [5.74, 6) is 0.0824. The van der Waals surface area contributed by atoms with Crippen LogP contribution in [0.15, 0.2) is 48.5 Å². The van der Waals surface area contributed by atoms with Crippen molar-refractivity contribution in [1.82, 2.24) is 5.32 Å². The summed E-state index contributed by atoms with van der Waals surface area (Å²) < 4.78 is 42.0. The number of amides is 1. The van der Waals surface area contributed by atoms with Gasteiger partial charge >= 0.3 is 6.18 Å². The summed E-state index contributed by atoms with van der Waals surface area (Å²) in [6, 6.07) is 14.1. The Morgan fingerprint density at radius 1 is 1.04 bits per heavy atom. The molecular weight excluding hydrogens is 357 g/mol. The van der Waals surface area contributed by atoms with Crippen molar-refractivity contribution in [2.75, 3.05) is 18.5 Å². The van der Waals surface area contributed by atoms with E-state index in [1.54, 1.807) is 12.1 Å². The molecule has 7 heteroatoms. The van der Waals surface area contributed by atoms with Crippen LogP contribution in [0.5, 0.6) is 5.75 Å².